The number of nitrogens with zero attached hydrogens (tertiary/aromatic N) is 3. The van der Waals surface area contributed by atoms with Crippen molar-refractivity contribution < 1.29 is 13.9 Å². The first-order valence-corrected chi connectivity index (χ1v) is 9.05. The number of nitrogens with two attached hydrogens (primary N) is 1. The van der Waals surface area contributed by atoms with E-state index in [0.29, 0.717) is 23.7 Å². The van der Waals surface area contributed by atoms with Gasteiger partial charge in [-0.15, -0.1) is 24.0 Å². The number of guanidine groups is 1. The first-order chi connectivity index (χ1) is 14.0. The topological polar surface area (TPSA) is 86.7 Å². The van der Waals surface area contributed by atoms with E-state index in [2.05, 4.69) is 15.3 Å². The Kier molecular flexibility index (Phi) is 8.46. The van der Waals surface area contributed by atoms with E-state index >= 15 is 0 Å². The zero-order valence-electron chi connectivity index (χ0n) is 17.1. The van der Waals surface area contributed by atoms with E-state index in [0.717, 1.165) is 17.0 Å². The molecular weight excluding hydrogens is 500 g/mol. The number of hydrogen-bond donors (Lipinski definition) is 2. The monoisotopic (exact) mass is 525 g/mol. The van der Waals surface area contributed by atoms with Gasteiger partial charge in [-0.3, -0.25) is 0 Å². The molecule has 0 saturated carbocycles. The summed E-state index contributed by atoms with van der Waals surface area (Å²) in [4.78, 5) is 8.40. The van der Waals surface area contributed by atoms with Crippen LogP contribution in [0, 0.1) is 12.7 Å². The van der Waals surface area contributed by atoms with Gasteiger partial charge in [-0.25, -0.2) is 14.4 Å². The van der Waals surface area contributed by atoms with Gasteiger partial charge < -0.3 is 25.1 Å². The van der Waals surface area contributed by atoms with Gasteiger partial charge in [-0.05, 0) is 42.3 Å². The molecule has 0 saturated heterocycles. The maximum atomic E-state index is 14.5. The van der Waals surface area contributed by atoms with Crippen molar-refractivity contribution in [3.63, 3.8) is 0 Å². The fourth-order valence-electron chi connectivity index (χ4n) is 2.89. The number of hydrogen-bond acceptors (Lipinski definition) is 4. The predicted octanol–water partition coefficient (Wildman–Crippen LogP) is 3.56. The number of aromatic nitrogens is 2. The van der Waals surface area contributed by atoms with Gasteiger partial charge in [0.25, 0.3) is 0 Å². The highest BCUT2D eigenvalue weighted by molar-refractivity contribution is 14.0. The van der Waals surface area contributed by atoms with Crippen molar-refractivity contribution in [1.82, 2.24) is 14.9 Å². The second kappa shape index (κ2) is 10.8. The minimum Gasteiger partial charge on any atom is -0.493 e. The van der Waals surface area contributed by atoms with E-state index in [1.54, 1.807) is 37.2 Å². The molecule has 160 valence electrons. The maximum Gasteiger partial charge on any atom is 0.189 e. The van der Waals surface area contributed by atoms with E-state index in [4.69, 9.17) is 15.2 Å². The highest BCUT2D eigenvalue weighted by Crippen LogP contribution is 2.27. The van der Waals surface area contributed by atoms with Crippen molar-refractivity contribution in [3.05, 3.63) is 71.6 Å². The van der Waals surface area contributed by atoms with Crippen LogP contribution in [0.3, 0.4) is 0 Å². The molecule has 0 aliphatic heterocycles. The van der Waals surface area contributed by atoms with Crippen LogP contribution in [0.5, 0.6) is 11.5 Å². The van der Waals surface area contributed by atoms with Crippen LogP contribution in [0.2, 0.25) is 0 Å². The van der Waals surface area contributed by atoms with Crippen molar-refractivity contribution in [3.8, 4) is 17.2 Å². The summed E-state index contributed by atoms with van der Waals surface area (Å²) in [6.07, 6.45) is 3.36. The molecule has 3 N–H and O–H groups in total. The summed E-state index contributed by atoms with van der Waals surface area (Å²) in [5.41, 5.74) is 8.08. The van der Waals surface area contributed by atoms with Gasteiger partial charge in [0.2, 0.25) is 0 Å². The molecule has 30 heavy (non-hydrogen) atoms. The van der Waals surface area contributed by atoms with E-state index in [1.807, 2.05) is 31.2 Å². The van der Waals surface area contributed by atoms with Crippen molar-refractivity contribution in [1.29, 1.82) is 0 Å². The Labute approximate surface area is 192 Å². The van der Waals surface area contributed by atoms with Crippen LogP contribution in [0.15, 0.2) is 53.8 Å². The van der Waals surface area contributed by atoms with Gasteiger partial charge in [0.1, 0.15) is 11.6 Å². The van der Waals surface area contributed by atoms with Crippen LogP contribution in [-0.4, -0.2) is 29.7 Å². The molecule has 0 radical (unpaired) electrons. The third kappa shape index (κ3) is 5.62. The maximum absolute atomic E-state index is 14.5. The average molecular weight is 525 g/mol. The van der Waals surface area contributed by atoms with E-state index in [9.17, 15) is 4.39 Å². The van der Waals surface area contributed by atoms with Crippen LogP contribution in [-0.2, 0) is 13.1 Å². The Balaban J connectivity index is 0.00000320. The highest BCUT2D eigenvalue weighted by atomic mass is 127. The minimum absolute atomic E-state index is 0. The molecule has 9 heteroatoms. The second-order valence-electron chi connectivity index (χ2n) is 6.37. The van der Waals surface area contributed by atoms with Crippen molar-refractivity contribution in [2.24, 2.45) is 10.7 Å². The number of halogens is 2. The number of ether oxygens (including phenoxy) is 2. The lowest BCUT2D eigenvalue weighted by atomic mass is 10.2. The molecule has 3 aromatic rings. The zero-order valence-corrected chi connectivity index (χ0v) is 19.4. The number of rotatable bonds is 7. The largest absolute Gasteiger partial charge is 0.493 e. The molecule has 0 amide bonds. The number of imidazole rings is 1. The Morgan fingerprint density at radius 3 is 2.50 bits per heavy atom. The quantitative estimate of drug-likeness (QED) is 0.280. The zero-order chi connectivity index (χ0) is 20.8. The Bertz CT molecular complexity index is 1020. The highest BCUT2D eigenvalue weighted by Gasteiger charge is 2.08. The molecule has 3 rings (SSSR count). The van der Waals surface area contributed by atoms with Crippen molar-refractivity contribution in [2.45, 2.75) is 20.0 Å². The number of aryl methyl sites for hydroxylation is 1. The van der Waals surface area contributed by atoms with Crippen LogP contribution < -0.4 is 20.5 Å². The molecular formula is C21H25FIN5O2. The molecule has 0 spiro atoms. The van der Waals surface area contributed by atoms with Gasteiger partial charge in [0.05, 0.1) is 26.5 Å². The summed E-state index contributed by atoms with van der Waals surface area (Å²) in [5, 5.41) is 3.04. The SMILES string of the molecule is COc1ccc(CNC(N)=NCc2ccc(-n3ccnc3C)c(F)c2)cc1OC.I. The first kappa shape index (κ1) is 23.5. The standard InChI is InChI=1S/C21H24FN5O2.HI/c1-14-24-8-9-27(14)18-6-4-15(10-17(18)22)12-25-21(23)26-13-16-5-7-19(28-2)20(11-16)29-3;/h4-11H,12-13H2,1-3H3,(H3,23,25,26);1H. The molecule has 0 fully saturated rings. The summed E-state index contributed by atoms with van der Waals surface area (Å²) in [7, 11) is 3.18. The number of methoxy groups -OCH3 is 2. The fourth-order valence-corrected chi connectivity index (χ4v) is 2.89. The third-order valence-electron chi connectivity index (χ3n) is 4.45. The summed E-state index contributed by atoms with van der Waals surface area (Å²) in [6, 6.07) is 10.6. The van der Waals surface area contributed by atoms with Crippen LogP contribution in [0.1, 0.15) is 17.0 Å². The van der Waals surface area contributed by atoms with Gasteiger partial charge in [-0.2, -0.15) is 0 Å². The average Bonchev–Trinajstić information content (AvgIpc) is 3.16. The van der Waals surface area contributed by atoms with Crippen LogP contribution >= 0.6 is 24.0 Å². The summed E-state index contributed by atoms with van der Waals surface area (Å²) in [5.74, 6) is 1.96. The fraction of sp³-hybridized carbons (Fsp3) is 0.238. The predicted molar refractivity (Wildman–Crippen MR) is 125 cm³/mol. The summed E-state index contributed by atoms with van der Waals surface area (Å²) < 4.78 is 26.7. The van der Waals surface area contributed by atoms with Crippen molar-refractivity contribution in [2.75, 3.05) is 14.2 Å². The lowest BCUT2D eigenvalue weighted by Crippen LogP contribution is -2.31. The minimum atomic E-state index is -0.337. The van der Waals surface area contributed by atoms with E-state index < -0.39 is 0 Å². The Morgan fingerprint density at radius 1 is 1.13 bits per heavy atom. The van der Waals surface area contributed by atoms with Gasteiger partial charge in [-0.1, -0.05) is 12.1 Å². The molecule has 0 aliphatic rings. The summed E-state index contributed by atoms with van der Waals surface area (Å²) >= 11 is 0. The molecule has 0 bridgehead atoms. The summed E-state index contributed by atoms with van der Waals surface area (Å²) in [6.45, 7) is 2.57. The molecule has 0 atom stereocenters. The van der Waals surface area contributed by atoms with Crippen LogP contribution in [0.4, 0.5) is 4.39 Å². The van der Waals surface area contributed by atoms with Gasteiger partial charge in [0, 0.05) is 18.9 Å². The smallest absolute Gasteiger partial charge is 0.189 e. The Morgan fingerprint density at radius 2 is 1.87 bits per heavy atom. The number of benzene rings is 2. The lowest BCUT2D eigenvalue weighted by molar-refractivity contribution is 0.354. The van der Waals surface area contributed by atoms with Crippen molar-refractivity contribution >= 4 is 29.9 Å². The molecule has 2 aromatic carbocycles. The van der Waals surface area contributed by atoms with Crippen LogP contribution in [0.25, 0.3) is 5.69 Å². The number of aliphatic imine (C=N–C) groups is 1. The molecule has 1 aromatic heterocycles. The van der Waals surface area contributed by atoms with Gasteiger partial charge in [0.15, 0.2) is 17.5 Å². The molecule has 0 aliphatic carbocycles. The Hall–Kier alpha value is -2.82. The first-order valence-electron chi connectivity index (χ1n) is 9.05. The lowest BCUT2D eigenvalue weighted by Gasteiger charge is -2.11. The molecule has 7 nitrogen and oxygen atoms in total. The molecule has 0 unspecified atom stereocenters. The van der Waals surface area contributed by atoms with E-state index in [1.165, 1.54) is 6.07 Å². The number of nitrogens with one attached hydrogen (secondary N) is 1. The van der Waals surface area contributed by atoms with E-state index in [-0.39, 0.29) is 42.3 Å². The molecule has 1 heterocycles. The third-order valence-corrected chi connectivity index (χ3v) is 4.45. The second-order valence-corrected chi connectivity index (χ2v) is 6.37. The van der Waals surface area contributed by atoms with Gasteiger partial charge >= 0.3 is 0 Å². The normalized spacial score (nSPS) is 11.0.